The van der Waals surface area contributed by atoms with Crippen molar-refractivity contribution in [1.29, 1.82) is 0 Å². The number of fused-ring (bicyclic) bond motifs is 6. The summed E-state index contributed by atoms with van der Waals surface area (Å²) in [6, 6.07) is 20.6. The van der Waals surface area contributed by atoms with E-state index in [1.165, 1.54) is 0 Å². The van der Waals surface area contributed by atoms with Crippen molar-refractivity contribution in [1.82, 2.24) is 9.47 Å². The number of hydrogen-bond acceptors (Lipinski definition) is 3. The number of rotatable bonds is 3. The van der Waals surface area contributed by atoms with Crippen molar-refractivity contribution in [3.8, 4) is 11.1 Å². The summed E-state index contributed by atoms with van der Waals surface area (Å²) >= 11 is 0. The highest BCUT2D eigenvalue weighted by molar-refractivity contribution is 6.22. The number of carboxylic acid groups (broad SMARTS) is 1. The molecule has 1 N–H and O–H groups in total. The molecule has 0 radical (unpaired) electrons. The van der Waals surface area contributed by atoms with Crippen LogP contribution in [0.15, 0.2) is 66.7 Å². The number of carboxylic acids is 1. The number of benzene rings is 3. The van der Waals surface area contributed by atoms with Gasteiger partial charge in [0, 0.05) is 58.4 Å². The summed E-state index contributed by atoms with van der Waals surface area (Å²) in [5, 5.41) is 10.4. The Hall–Kier alpha value is -4.19. The SMILES string of the molecule is O=C(O)Cn1c2c(c3ccccc31)CN(C(=O)c1ccc3c(c1)C(=O)c1ccccc1-3)CC2. The van der Waals surface area contributed by atoms with E-state index in [0.717, 1.165) is 33.3 Å². The lowest BCUT2D eigenvalue weighted by Gasteiger charge is -2.28. The molecule has 1 amide bonds. The van der Waals surface area contributed by atoms with Crippen molar-refractivity contribution in [2.75, 3.05) is 6.54 Å². The van der Waals surface area contributed by atoms with Gasteiger partial charge in [-0.3, -0.25) is 14.4 Å². The van der Waals surface area contributed by atoms with E-state index in [-0.39, 0.29) is 18.2 Å². The average molecular weight is 436 g/mol. The minimum atomic E-state index is -0.888. The molecule has 0 spiro atoms. The van der Waals surface area contributed by atoms with Gasteiger partial charge >= 0.3 is 5.97 Å². The van der Waals surface area contributed by atoms with E-state index < -0.39 is 5.97 Å². The minimum absolute atomic E-state index is 0.0482. The molecule has 6 nitrogen and oxygen atoms in total. The number of carbonyl (C=O) groups is 3. The van der Waals surface area contributed by atoms with Crippen molar-refractivity contribution in [3.63, 3.8) is 0 Å². The summed E-state index contributed by atoms with van der Waals surface area (Å²) in [4.78, 5) is 39.5. The Balaban J connectivity index is 1.35. The van der Waals surface area contributed by atoms with Crippen LogP contribution in [-0.4, -0.2) is 38.8 Å². The van der Waals surface area contributed by atoms with Crippen molar-refractivity contribution in [2.24, 2.45) is 0 Å². The molecule has 1 aliphatic carbocycles. The van der Waals surface area contributed by atoms with Crippen LogP contribution in [0.3, 0.4) is 0 Å². The van der Waals surface area contributed by atoms with Gasteiger partial charge in [-0.05, 0) is 29.3 Å². The zero-order valence-electron chi connectivity index (χ0n) is 17.7. The Morgan fingerprint density at radius 3 is 2.42 bits per heavy atom. The van der Waals surface area contributed by atoms with Crippen molar-refractivity contribution < 1.29 is 19.5 Å². The van der Waals surface area contributed by atoms with Crippen LogP contribution in [0.25, 0.3) is 22.0 Å². The van der Waals surface area contributed by atoms with Gasteiger partial charge in [0.2, 0.25) is 0 Å². The first-order valence-corrected chi connectivity index (χ1v) is 10.9. The van der Waals surface area contributed by atoms with Crippen LogP contribution in [0.1, 0.15) is 37.5 Å². The molecule has 0 unspecified atom stereocenters. The van der Waals surface area contributed by atoms with Gasteiger partial charge in [-0.2, -0.15) is 0 Å². The Kier molecular flexibility index (Phi) is 4.23. The van der Waals surface area contributed by atoms with Crippen LogP contribution < -0.4 is 0 Å². The largest absolute Gasteiger partial charge is 0.480 e. The topological polar surface area (TPSA) is 79.6 Å². The number of amides is 1. The fourth-order valence-corrected chi connectivity index (χ4v) is 5.23. The molecule has 0 fully saturated rings. The van der Waals surface area contributed by atoms with Crippen LogP contribution in [-0.2, 0) is 24.3 Å². The predicted octanol–water partition coefficient (Wildman–Crippen LogP) is 4.14. The van der Waals surface area contributed by atoms with Gasteiger partial charge in [-0.15, -0.1) is 0 Å². The molecule has 33 heavy (non-hydrogen) atoms. The van der Waals surface area contributed by atoms with Gasteiger partial charge in [0.1, 0.15) is 6.54 Å². The van der Waals surface area contributed by atoms with Crippen LogP contribution in [0.5, 0.6) is 0 Å². The maximum absolute atomic E-state index is 13.4. The minimum Gasteiger partial charge on any atom is -0.480 e. The highest BCUT2D eigenvalue weighted by Gasteiger charge is 2.30. The summed E-state index contributed by atoms with van der Waals surface area (Å²) in [6.45, 7) is 0.802. The molecule has 0 bridgehead atoms. The van der Waals surface area contributed by atoms with Crippen LogP contribution >= 0.6 is 0 Å². The molecule has 1 aromatic heterocycles. The van der Waals surface area contributed by atoms with E-state index in [2.05, 4.69) is 0 Å². The lowest BCUT2D eigenvalue weighted by molar-refractivity contribution is -0.137. The van der Waals surface area contributed by atoms with Gasteiger partial charge in [-0.1, -0.05) is 48.5 Å². The first-order valence-electron chi connectivity index (χ1n) is 10.9. The highest BCUT2D eigenvalue weighted by atomic mass is 16.4. The van der Waals surface area contributed by atoms with Crippen molar-refractivity contribution in [3.05, 3.63) is 94.7 Å². The zero-order valence-corrected chi connectivity index (χ0v) is 17.7. The molecule has 0 saturated heterocycles. The summed E-state index contributed by atoms with van der Waals surface area (Å²) in [5.41, 5.74) is 6.35. The normalized spacial score (nSPS) is 14.2. The molecule has 6 rings (SSSR count). The maximum atomic E-state index is 13.4. The maximum Gasteiger partial charge on any atom is 0.323 e. The van der Waals surface area contributed by atoms with E-state index in [1.54, 1.807) is 17.0 Å². The first-order chi connectivity index (χ1) is 16.0. The second kappa shape index (κ2) is 7.17. The lowest BCUT2D eigenvalue weighted by atomic mass is 10.0. The fraction of sp³-hybridized carbons (Fsp3) is 0.148. The van der Waals surface area contributed by atoms with Gasteiger partial charge in [-0.25, -0.2) is 0 Å². The zero-order chi connectivity index (χ0) is 22.7. The lowest BCUT2D eigenvalue weighted by Crippen LogP contribution is -2.36. The fourth-order valence-electron chi connectivity index (χ4n) is 5.23. The summed E-state index contributed by atoms with van der Waals surface area (Å²) in [5.74, 6) is -1.06. The van der Waals surface area contributed by atoms with E-state index >= 15 is 0 Å². The van der Waals surface area contributed by atoms with Crippen molar-refractivity contribution in [2.45, 2.75) is 19.5 Å². The molecule has 0 atom stereocenters. The number of carbonyl (C=O) groups excluding carboxylic acids is 2. The number of aromatic nitrogens is 1. The molecule has 4 aromatic rings. The number of hydrogen-bond donors (Lipinski definition) is 1. The number of aliphatic carboxylic acids is 1. The molecular formula is C27H20N2O4. The average Bonchev–Trinajstić information content (AvgIpc) is 3.30. The van der Waals surface area contributed by atoms with Crippen LogP contribution in [0, 0.1) is 0 Å². The van der Waals surface area contributed by atoms with E-state index in [4.69, 9.17) is 0 Å². The Bertz CT molecular complexity index is 1500. The molecule has 0 saturated carbocycles. The molecule has 6 heteroatoms. The van der Waals surface area contributed by atoms with Gasteiger partial charge in [0.15, 0.2) is 5.78 Å². The molecule has 3 aromatic carbocycles. The van der Waals surface area contributed by atoms with E-state index in [9.17, 15) is 19.5 Å². The van der Waals surface area contributed by atoms with Gasteiger partial charge in [0.25, 0.3) is 5.91 Å². The molecular weight excluding hydrogens is 416 g/mol. The quantitative estimate of drug-likeness (QED) is 0.461. The van der Waals surface area contributed by atoms with Crippen LogP contribution in [0.2, 0.25) is 0 Å². The van der Waals surface area contributed by atoms with Crippen LogP contribution in [0.4, 0.5) is 0 Å². The Morgan fingerprint density at radius 1 is 0.879 bits per heavy atom. The third kappa shape index (κ3) is 2.91. The molecule has 2 aliphatic rings. The summed E-state index contributed by atoms with van der Waals surface area (Å²) < 4.78 is 1.85. The Labute approximate surface area is 189 Å². The molecule has 2 heterocycles. The number of para-hydroxylation sites is 1. The number of nitrogens with zero attached hydrogens (tertiary/aromatic N) is 2. The third-order valence-electron chi connectivity index (χ3n) is 6.72. The highest BCUT2D eigenvalue weighted by Crippen LogP contribution is 2.37. The van der Waals surface area contributed by atoms with Gasteiger partial charge < -0.3 is 14.6 Å². The second-order valence-corrected chi connectivity index (χ2v) is 8.53. The monoisotopic (exact) mass is 436 g/mol. The molecule has 162 valence electrons. The predicted molar refractivity (Wildman–Crippen MR) is 123 cm³/mol. The summed E-state index contributed by atoms with van der Waals surface area (Å²) in [7, 11) is 0. The van der Waals surface area contributed by atoms with E-state index in [0.29, 0.717) is 36.2 Å². The second-order valence-electron chi connectivity index (χ2n) is 8.53. The molecule has 1 aliphatic heterocycles. The Morgan fingerprint density at radius 2 is 1.61 bits per heavy atom. The smallest absolute Gasteiger partial charge is 0.323 e. The van der Waals surface area contributed by atoms with E-state index in [1.807, 2.05) is 59.2 Å². The van der Waals surface area contributed by atoms with Gasteiger partial charge in [0.05, 0.1) is 0 Å². The van der Waals surface area contributed by atoms with Crippen molar-refractivity contribution >= 4 is 28.6 Å². The standard InChI is InChI=1S/C27H20N2O4/c30-25(31)15-29-23-8-4-3-6-19(23)22-14-28(12-11-24(22)29)27(33)16-9-10-18-17-5-1-2-7-20(17)26(32)21(18)13-16/h1-10,13H,11-12,14-15H2,(H,30,31). The third-order valence-corrected chi connectivity index (χ3v) is 6.72. The first kappa shape index (κ1) is 19.5. The summed E-state index contributed by atoms with van der Waals surface area (Å²) in [6.07, 6.45) is 0.582. The number of ketones is 1.